The molecule has 1 aliphatic rings. The van der Waals surface area contributed by atoms with Gasteiger partial charge in [0, 0.05) is 30.6 Å². The highest BCUT2D eigenvalue weighted by atomic mass is 19.1. The molecular weight excluding hydrogens is 471 g/mol. The minimum atomic E-state index is -0.278. The normalized spacial score (nSPS) is 16.6. The third-order valence-electron chi connectivity index (χ3n) is 7.28. The molecule has 0 amide bonds. The third kappa shape index (κ3) is 5.47. The van der Waals surface area contributed by atoms with E-state index in [-0.39, 0.29) is 23.5 Å². The number of aryl methyl sites for hydroxylation is 2. The number of pyridine rings is 1. The molecule has 1 N–H and O–H groups in total. The van der Waals surface area contributed by atoms with E-state index in [0.29, 0.717) is 25.2 Å². The van der Waals surface area contributed by atoms with Crippen molar-refractivity contribution in [3.63, 3.8) is 0 Å². The summed E-state index contributed by atoms with van der Waals surface area (Å²) in [6.07, 6.45) is 2.86. The number of rotatable bonds is 9. The maximum absolute atomic E-state index is 13.6. The molecule has 2 aromatic carbocycles. The van der Waals surface area contributed by atoms with E-state index in [0.717, 1.165) is 59.3 Å². The van der Waals surface area contributed by atoms with E-state index in [4.69, 9.17) is 4.74 Å². The topological polar surface area (TPSA) is 88.9 Å². The summed E-state index contributed by atoms with van der Waals surface area (Å²) in [5.41, 5.74) is 4.51. The van der Waals surface area contributed by atoms with Crippen LogP contribution < -0.4 is 5.56 Å². The minimum Gasteiger partial charge on any atom is -0.376 e. The van der Waals surface area contributed by atoms with Crippen LogP contribution in [-0.4, -0.2) is 42.8 Å². The zero-order valence-electron chi connectivity index (χ0n) is 21.6. The quantitative estimate of drug-likeness (QED) is 0.358. The van der Waals surface area contributed by atoms with Crippen molar-refractivity contribution < 1.29 is 9.13 Å². The average molecular weight is 505 g/mol. The van der Waals surface area contributed by atoms with E-state index in [1.807, 2.05) is 30.7 Å². The Bertz CT molecular complexity index is 1430. The van der Waals surface area contributed by atoms with Gasteiger partial charge in [-0.05, 0) is 78.4 Å². The van der Waals surface area contributed by atoms with Gasteiger partial charge < -0.3 is 9.72 Å². The monoisotopic (exact) mass is 504 g/mol. The van der Waals surface area contributed by atoms with E-state index in [2.05, 4.69) is 38.4 Å². The molecule has 1 saturated heterocycles. The summed E-state index contributed by atoms with van der Waals surface area (Å²) in [5.74, 6) is 0.462. The summed E-state index contributed by atoms with van der Waals surface area (Å²) >= 11 is 0. The van der Waals surface area contributed by atoms with Gasteiger partial charge in [-0.15, -0.1) is 5.10 Å². The van der Waals surface area contributed by atoms with E-state index in [1.54, 1.807) is 12.1 Å². The van der Waals surface area contributed by atoms with Crippen molar-refractivity contribution >= 4 is 10.9 Å². The summed E-state index contributed by atoms with van der Waals surface area (Å²) in [6.45, 7) is 8.40. The number of aromatic nitrogens is 5. The maximum Gasteiger partial charge on any atom is 0.252 e. The average Bonchev–Trinajstić information content (AvgIpc) is 3.57. The Morgan fingerprint density at radius 1 is 1.16 bits per heavy atom. The highest BCUT2D eigenvalue weighted by Crippen LogP contribution is 2.28. The van der Waals surface area contributed by atoms with Crippen molar-refractivity contribution in [1.29, 1.82) is 0 Å². The summed E-state index contributed by atoms with van der Waals surface area (Å²) in [4.78, 5) is 18.5. The number of ether oxygens (including phenoxy) is 1. The van der Waals surface area contributed by atoms with Crippen LogP contribution in [0, 0.1) is 19.7 Å². The molecule has 0 spiro atoms. The van der Waals surface area contributed by atoms with Crippen molar-refractivity contribution in [2.75, 3.05) is 6.61 Å². The molecule has 5 rings (SSSR count). The number of nitrogens with zero attached hydrogens (tertiary/aromatic N) is 5. The Morgan fingerprint density at radius 3 is 2.68 bits per heavy atom. The van der Waals surface area contributed by atoms with Crippen LogP contribution >= 0.6 is 0 Å². The fourth-order valence-corrected chi connectivity index (χ4v) is 5.22. The van der Waals surface area contributed by atoms with Gasteiger partial charge in [0.2, 0.25) is 0 Å². The summed E-state index contributed by atoms with van der Waals surface area (Å²) in [7, 11) is 0. The first-order valence-corrected chi connectivity index (χ1v) is 12.9. The van der Waals surface area contributed by atoms with Crippen LogP contribution in [0.15, 0.2) is 47.3 Å². The van der Waals surface area contributed by atoms with Crippen LogP contribution in [0.3, 0.4) is 0 Å². The number of tetrazole rings is 1. The molecule has 1 aliphatic heterocycles. The lowest BCUT2D eigenvalue weighted by Crippen LogP contribution is -2.33. The molecular formula is C28H33FN6O2. The van der Waals surface area contributed by atoms with Gasteiger partial charge in [0.15, 0.2) is 5.82 Å². The van der Waals surface area contributed by atoms with Gasteiger partial charge >= 0.3 is 0 Å². The second-order valence-electron chi connectivity index (χ2n) is 9.92. The van der Waals surface area contributed by atoms with Crippen LogP contribution in [0.2, 0.25) is 0 Å². The molecule has 0 radical (unpaired) electrons. The minimum absolute atomic E-state index is 0.0971. The number of nitrogens with one attached hydrogen (secondary N) is 1. The Kier molecular flexibility index (Phi) is 7.43. The number of benzene rings is 2. The van der Waals surface area contributed by atoms with Crippen LogP contribution in [0.4, 0.5) is 4.39 Å². The van der Waals surface area contributed by atoms with Gasteiger partial charge in [0.1, 0.15) is 5.82 Å². The maximum atomic E-state index is 13.6. The summed E-state index contributed by atoms with van der Waals surface area (Å²) < 4.78 is 21.3. The number of H-pyrrole nitrogens is 1. The van der Waals surface area contributed by atoms with Crippen LogP contribution in [0.1, 0.15) is 60.3 Å². The zero-order chi connectivity index (χ0) is 25.9. The SMILES string of the molecule is CC[C@H](c1nnnn1C[C@H]1CCCO1)N(Cc1ccc(F)cc1)Cc1cc2c(C)ccc(C)c2[nH]c1=O. The molecule has 37 heavy (non-hydrogen) atoms. The second kappa shape index (κ2) is 10.9. The molecule has 2 atom stereocenters. The molecule has 0 unspecified atom stereocenters. The predicted molar refractivity (Wildman–Crippen MR) is 140 cm³/mol. The van der Waals surface area contributed by atoms with E-state index in [1.165, 1.54) is 12.1 Å². The number of halogens is 1. The molecule has 0 saturated carbocycles. The first-order valence-electron chi connectivity index (χ1n) is 12.9. The van der Waals surface area contributed by atoms with Crippen LogP contribution in [-0.2, 0) is 24.4 Å². The van der Waals surface area contributed by atoms with Gasteiger partial charge in [-0.1, -0.05) is 31.2 Å². The number of fused-ring (bicyclic) bond motifs is 1. The third-order valence-corrected chi connectivity index (χ3v) is 7.28. The molecule has 1 fully saturated rings. The second-order valence-corrected chi connectivity index (χ2v) is 9.92. The van der Waals surface area contributed by atoms with Gasteiger partial charge in [0.25, 0.3) is 5.56 Å². The van der Waals surface area contributed by atoms with Crippen LogP contribution in [0.5, 0.6) is 0 Å². The van der Waals surface area contributed by atoms with Gasteiger partial charge in [-0.3, -0.25) is 9.69 Å². The van der Waals surface area contributed by atoms with Crippen molar-refractivity contribution in [3.8, 4) is 0 Å². The molecule has 9 heteroatoms. The van der Waals surface area contributed by atoms with E-state index < -0.39 is 0 Å². The fourth-order valence-electron chi connectivity index (χ4n) is 5.22. The van der Waals surface area contributed by atoms with Crippen molar-refractivity contribution in [1.82, 2.24) is 30.1 Å². The van der Waals surface area contributed by atoms with Crippen LogP contribution in [0.25, 0.3) is 10.9 Å². The fraction of sp³-hybridized carbons (Fsp3) is 0.429. The first kappa shape index (κ1) is 25.2. The lowest BCUT2D eigenvalue weighted by molar-refractivity contribution is 0.0888. The van der Waals surface area contributed by atoms with Crippen molar-refractivity contribution in [3.05, 3.63) is 86.7 Å². The number of aromatic amines is 1. The summed E-state index contributed by atoms with van der Waals surface area (Å²) in [5, 5.41) is 13.7. The molecule has 0 aliphatic carbocycles. The van der Waals surface area contributed by atoms with Gasteiger partial charge in [-0.25, -0.2) is 9.07 Å². The predicted octanol–water partition coefficient (Wildman–Crippen LogP) is 4.60. The lowest BCUT2D eigenvalue weighted by Gasteiger charge is -2.30. The molecule has 4 aromatic rings. The Balaban J connectivity index is 1.52. The Hall–Kier alpha value is -3.43. The van der Waals surface area contributed by atoms with Crippen molar-refractivity contribution in [2.24, 2.45) is 0 Å². The zero-order valence-corrected chi connectivity index (χ0v) is 21.6. The van der Waals surface area contributed by atoms with Gasteiger partial charge in [-0.2, -0.15) is 0 Å². The Morgan fingerprint density at radius 2 is 1.95 bits per heavy atom. The molecule has 0 bridgehead atoms. The smallest absolute Gasteiger partial charge is 0.252 e. The van der Waals surface area contributed by atoms with Gasteiger partial charge in [0.05, 0.1) is 24.2 Å². The largest absolute Gasteiger partial charge is 0.376 e. The summed E-state index contributed by atoms with van der Waals surface area (Å²) in [6, 6.07) is 12.4. The first-order chi connectivity index (χ1) is 17.9. The Labute approximate surface area is 215 Å². The highest BCUT2D eigenvalue weighted by Gasteiger charge is 2.28. The molecule has 2 aromatic heterocycles. The van der Waals surface area contributed by atoms with Crippen molar-refractivity contribution in [2.45, 2.75) is 71.8 Å². The molecule has 3 heterocycles. The molecule has 8 nitrogen and oxygen atoms in total. The molecule has 194 valence electrons. The number of hydrogen-bond acceptors (Lipinski definition) is 6. The lowest BCUT2D eigenvalue weighted by atomic mass is 10.0. The highest BCUT2D eigenvalue weighted by molar-refractivity contribution is 5.85. The van der Waals surface area contributed by atoms with E-state index in [9.17, 15) is 9.18 Å². The van der Waals surface area contributed by atoms with E-state index >= 15 is 0 Å². The number of hydrogen-bond donors (Lipinski definition) is 1. The standard InChI is InChI=1S/C28H33FN6O2/c1-4-25(27-31-32-33-35(27)17-23-6-5-13-37-23)34(15-20-9-11-22(29)12-10-20)16-21-14-24-18(2)7-8-19(3)26(24)30-28(21)36/h7-12,14,23,25H,4-6,13,15-17H2,1-3H3,(H,30,36)/t23-,25-/m1/s1.